The predicted octanol–water partition coefficient (Wildman–Crippen LogP) is 2.32. The maximum atomic E-state index is 5.57. The Labute approximate surface area is 155 Å². The molecular weight excluding hydrogens is 350 g/mol. The van der Waals surface area contributed by atoms with Gasteiger partial charge >= 0.3 is 0 Å². The van der Waals surface area contributed by atoms with E-state index in [0.717, 1.165) is 56.6 Å². The number of fused-ring (bicyclic) bond motifs is 1. The lowest BCUT2D eigenvalue weighted by Gasteiger charge is -2.30. The number of likely N-dealkylation sites (tertiary alicyclic amines) is 1. The molecule has 5 rings (SSSR count). The second kappa shape index (κ2) is 6.55. The van der Waals surface area contributed by atoms with Crippen LogP contribution in [0.15, 0.2) is 15.4 Å². The summed E-state index contributed by atoms with van der Waals surface area (Å²) in [6.45, 7) is 2.23. The normalized spacial score (nSPS) is 21.8. The highest BCUT2D eigenvalue weighted by molar-refractivity contribution is 7.07. The first-order valence-corrected chi connectivity index (χ1v) is 10.1. The number of nitrogens with zero attached hydrogens (tertiary/aromatic N) is 7. The maximum absolute atomic E-state index is 5.57. The van der Waals surface area contributed by atoms with E-state index in [4.69, 9.17) is 4.52 Å². The van der Waals surface area contributed by atoms with Crippen molar-refractivity contribution in [2.45, 2.75) is 44.1 Å². The van der Waals surface area contributed by atoms with Crippen LogP contribution >= 0.6 is 11.3 Å². The molecule has 2 aliphatic rings. The summed E-state index contributed by atoms with van der Waals surface area (Å²) in [4.78, 5) is 11.2. The molecule has 0 aromatic carbocycles. The van der Waals surface area contributed by atoms with Gasteiger partial charge in [-0.1, -0.05) is 10.4 Å². The van der Waals surface area contributed by atoms with Crippen molar-refractivity contribution in [3.63, 3.8) is 0 Å². The van der Waals surface area contributed by atoms with Crippen LogP contribution in [0, 0.1) is 0 Å². The first-order chi connectivity index (χ1) is 12.8. The number of aromatic nitrogens is 6. The van der Waals surface area contributed by atoms with Crippen molar-refractivity contribution in [3.8, 4) is 11.5 Å². The van der Waals surface area contributed by atoms with Gasteiger partial charge in [0.25, 0.3) is 0 Å². The van der Waals surface area contributed by atoms with Gasteiger partial charge in [0, 0.05) is 17.7 Å². The van der Waals surface area contributed by atoms with Gasteiger partial charge in [-0.2, -0.15) is 4.98 Å². The second-order valence-corrected chi connectivity index (χ2v) is 7.95. The molecule has 1 atom stereocenters. The topological polar surface area (TPSA) is 85.8 Å². The van der Waals surface area contributed by atoms with Gasteiger partial charge in [-0.3, -0.25) is 0 Å². The highest BCUT2D eigenvalue weighted by atomic mass is 32.1. The number of thiazole rings is 1. The minimum Gasteiger partial charge on any atom is -0.339 e. The summed E-state index contributed by atoms with van der Waals surface area (Å²) in [5.74, 6) is 1.51. The third kappa shape index (κ3) is 2.84. The minimum atomic E-state index is 0.228. The van der Waals surface area contributed by atoms with Crippen LogP contribution in [0.25, 0.3) is 11.5 Å². The van der Waals surface area contributed by atoms with Crippen molar-refractivity contribution in [1.82, 2.24) is 35.0 Å². The fourth-order valence-electron chi connectivity index (χ4n) is 3.97. The smallest absolute Gasteiger partial charge is 0.230 e. The summed E-state index contributed by atoms with van der Waals surface area (Å²) < 4.78 is 7.74. The van der Waals surface area contributed by atoms with Crippen LogP contribution in [0.5, 0.6) is 0 Å². The number of hydrogen-bond donors (Lipinski definition) is 0. The van der Waals surface area contributed by atoms with Gasteiger partial charge < -0.3 is 9.42 Å². The van der Waals surface area contributed by atoms with Crippen LogP contribution in [0.2, 0.25) is 0 Å². The summed E-state index contributed by atoms with van der Waals surface area (Å²) in [6, 6.07) is 0.453. The molecule has 3 aromatic rings. The molecule has 0 bridgehead atoms. The molecule has 0 spiro atoms. The number of hydrogen-bond acceptors (Lipinski definition) is 8. The Hall–Kier alpha value is -2.13. The van der Waals surface area contributed by atoms with Crippen LogP contribution in [0.1, 0.15) is 48.5 Å². The van der Waals surface area contributed by atoms with E-state index in [9.17, 15) is 0 Å². The lowest BCUT2D eigenvalue weighted by Crippen LogP contribution is -2.33. The summed E-state index contributed by atoms with van der Waals surface area (Å²) in [6.07, 6.45) is 5.02. The molecule has 1 aliphatic carbocycles. The molecule has 0 radical (unpaired) electrons. The van der Waals surface area contributed by atoms with Gasteiger partial charge in [0.2, 0.25) is 11.7 Å². The fraction of sp³-hybridized carbons (Fsp3) is 0.588. The number of rotatable bonds is 3. The first-order valence-electron chi connectivity index (χ1n) is 9.11. The lowest BCUT2D eigenvalue weighted by atomic mass is 9.89. The molecule has 0 amide bonds. The average molecular weight is 371 g/mol. The molecule has 136 valence electrons. The zero-order valence-electron chi connectivity index (χ0n) is 14.7. The van der Waals surface area contributed by atoms with E-state index in [-0.39, 0.29) is 5.92 Å². The minimum absolute atomic E-state index is 0.228. The van der Waals surface area contributed by atoms with Gasteiger partial charge in [-0.05, 0) is 45.8 Å². The Kier molecular flexibility index (Phi) is 4.05. The van der Waals surface area contributed by atoms with Crippen molar-refractivity contribution in [1.29, 1.82) is 0 Å². The summed E-state index contributed by atoms with van der Waals surface area (Å²) in [5.41, 5.74) is 4.95. The Balaban J connectivity index is 1.37. The molecule has 1 saturated heterocycles. The Morgan fingerprint density at radius 2 is 2.12 bits per heavy atom. The molecule has 1 aliphatic heterocycles. The van der Waals surface area contributed by atoms with Gasteiger partial charge in [0.15, 0.2) is 0 Å². The van der Waals surface area contributed by atoms with E-state index in [0.29, 0.717) is 17.8 Å². The third-order valence-electron chi connectivity index (χ3n) is 5.53. The predicted molar refractivity (Wildman–Crippen MR) is 96.0 cm³/mol. The van der Waals surface area contributed by atoms with Gasteiger partial charge in [0.1, 0.15) is 5.69 Å². The third-order valence-corrected chi connectivity index (χ3v) is 6.11. The molecule has 0 N–H and O–H groups in total. The van der Waals surface area contributed by atoms with E-state index in [2.05, 4.69) is 42.1 Å². The molecule has 8 nitrogen and oxygen atoms in total. The molecule has 0 saturated carbocycles. The van der Waals surface area contributed by atoms with E-state index in [1.54, 1.807) is 5.51 Å². The highest BCUT2D eigenvalue weighted by Gasteiger charge is 2.31. The molecule has 3 aromatic heterocycles. The monoisotopic (exact) mass is 371 g/mol. The Morgan fingerprint density at radius 3 is 2.92 bits per heavy atom. The zero-order valence-corrected chi connectivity index (χ0v) is 15.5. The number of piperidine rings is 1. The largest absolute Gasteiger partial charge is 0.339 e. The molecule has 9 heteroatoms. The Bertz CT molecular complexity index is 879. The van der Waals surface area contributed by atoms with Crippen LogP contribution < -0.4 is 0 Å². The van der Waals surface area contributed by atoms with Crippen molar-refractivity contribution >= 4 is 11.3 Å². The second-order valence-electron chi connectivity index (χ2n) is 7.23. The first kappa shape index (κ1) is 16.1. The molecule has 1 fully saturated rings. The van der Waals surface area contributed by atoms with E-state index in [1.807, 2.05) is 5.38 Å². The molecular formula is C17H21N7OS. The van der Waals surface area contributed by atoms with Crippen LogP contribution in [0.4, 0.5) is 0 Å². The molecule has 1 unspecified atom stereocenters. The van der Waals surface area contributed by atoms with Gasteiger partial charge in [-0.25, -0.2) is 9.67 Å². The van der Waals surface area contributed by atoms with E-state index >= 15 is 0 Å². The summed E-state index contributed by atoms with van der Waals surface area (Å²) in [7, 11) is 2.18. The standard InChI is InChI=1S/C17H21N7OS/c1-23-6-4-12(5-7-23)24-15-8-11(2-3-13(15)20-22-24)17-19-16(21-25-17)14-9-26-10-18-14/h9-12H,2-8H2,1H3. The number of aryl methyl sites for hydroxylation is 1. The summed E-state index contributed by atoms with van der Waals surface area (Å²) >= 11 is 1.53. The Morgan fingerprint density at radius 1 is 1.23 bits per heavy atom. The van der Waals surface area contributed by atoms with Crippen molar-refractivity contribution in [2.75, 3.05) is 20.1 Å². The van der Waals surface area contributed by atoms with E-state index < -0.39 is 0 Å². The quantitative estimate of drug-likeness (QED) is 0.698. The molecule has 4 heterocycles. The van der Waals surface area contributed by atoms with Gasteiger partial charge in [-0.15, -0.1) is 16.4 Å². The van der Waals surface area contributed by atoms with Crippen LogP contribution in [0.3, 0.4) is 0 Å². The van der Waals surface area contributed by atoms with Crippen LogP contribution in [-0.4, -0.2) is 55.2 Å². The van der Waals surface area contributed by atoms with Crippen molar-refractivity contribution < 1.29 is 4.52 Å². The zero-order chi connectivity index (χ0) is 17.5. The average Bonchev–Trinajstić information content (AvgIpc) is 3.41. The highest BCUT2D eigenvalue weighted by Crippen LogP contribution is 2.34. The van der Waals surface area contributed by atoms with Crippen molar-refractivity contribution in [3.05, 3.63) is 28.2 Å². The fourth-order valence-corrected chi connectivity index (χ4v) is 4.50. The van der Waals surface area contributed by atoms with Crippen molar-refractivity contribution in [2.24, 2.45) is 0 Å². The summed E-state index contributed by atoms with van der Waals surface area (Å²) in [5, 5.41) is 15.0. The van der Waals surface area contributed by atoms with Crippen LogP contribution in [-0.2, 0) is 12.8 Å². The SMILES string of the molecule is CN1CCC(n2nnc3c2CC(c2nc(-c4cscn4)no2)CC3)CC1. The lowest BCUT2D eigenvalue weighted by molar-refractivity contribution is 0.207. The van der Waals surface area contributed by atoms with E-state index in [1.165, 1.54) is 17.0 Å². The molecule has 26 heavy (non-hydrogen) atoms. The maximum Gasteiger partial charge on any atom is 0.230 e. The van der Waals surface area contributed by atoms with Gasteiger partial charge in [0.05, 0.1) is 22.9 Å².